The van der Waals surface area contributed by atoms with Crippen LogP contribution in [0.2, 0.25) is 0 Å². The summed E-state index contributed by atoms with van der Waals surface area (Å²) in [6.45, 7) is 3.96. The fraction of sp³-hybridized carbons (Fsp3) is 0.143. The van der Waals surface area contributed by atoms with Gasteiger partial charge in [-0.05, 0) is 67.4 Å². The topological polar surface area (TPSA) is 115 Å². The molecule has 4 aromatic rings. The number of hydrogen-bond acceptors (Lipinski definition) is 6. The van der Waals surface area contributed by atoms with Crippen molar-refractivity contribution in [1.82, 2.24) is 25.1 Å². The number of aryl methyl sites for hydroxylation is 2. The third-order valence-corrected chi connectivity index (χ3v) is 5.40. The summed E-state index contributed by atoms with van der Waals surface area (Å²) in [5, 5.41) is 18.5. The van der Waals surface area contributed by atoms with E-state index >= 15 is 0 Å². The molecule has 0 unspecified atom stereocenters. The highest BCUT2D eigenvalue weighted by molar-refractivity contribution is 7.99. The first-order valence-electron chi connectivity index (χ1n) is 9.42. The van der Waals surface area contributed by atoms with E-state index in [1.54, 1.807) is 18.2 Å². The Morgan fingerprint density at radius 2 is 1.84 bits per heavy atom. The number of nitrogen functional groups attached to an aromatic ring is 1. The summed E-state index contributed by atoms with van der Waals surface area (Å²) in [6.07, 6.45) is 0. The molecule has 31 heavy (non-hydrogen) atoms. The van der Waals surface area contributed by atoms with E-state index in [0.29, 0.717) is 22.4 Å². The zero-order chi connectivity index (χ0) is 22.0. The Labute approximate surface area is 182 Å². The number of halogens is 1. The molecule has 0 fully saturated rings. The SMILES string of the molecule is Cc1cc(C)cc(NC(=O)CSc2nnc(-c3cc(-c4ccc(F)cc4)n[nH]3)n2N)c1. The lowest BCUT2D eigenvalue weighted by molar-refractivity contribution is -0.113. The number of nitrogens with one attached hydrogen (secondary N) is 2. The standard InChI is InChI=1S/C21H20FN7OS/c1-12-7-13(2)9-16(8-12)24-19(30)11-31-21-28-27-20(29(21)23)18-10-17(25-26-18)14-3-5-15(22)6-4-14/h3-10H,11,23H2,1-2H3,(H,24,30)(H,25,26). The van der Waals surface area contributed by atoms with Crippen molar-refractivity contribution in [2.45, 2.75) is 19.0 Å². The van der Waals surface area contributed by atoms with Crippen LogP contribution in [0.25, 0.3) is 22.8 Å². The van der Waals surface area contributed by atoms with E-state index in [1.807, 2.05) is 32.0 Å². The van der Waals surface area contributed by atoms with Crippen LogP contribution in [-0.2, 0) is 4.79 Å². The zero-order valence-electron chi connectivity index (χ0n) is 16.9. The van der Waals surface area contributed by atoms with Crippen molar-refractivity contribution in [3.05, 3.63) is 65.5 Å². The number of amides is 1. The Morgan fingerprint density at radius 1 is 1.13 bits per heavy atom. The zero-order valence-corrected chi connectivity index (χ0v) is 17.7. The number of anilines is 1. The first-order chi connectivity index (χ1) is 14.9. The first kappa shape index (κ1) is 20.6. The van der Waals surface area contributed by atoms with Crippen LogP contribution < -0.4 is 11.2 Å². The molecule has 0 spiro atoms. The second kappa shape index (κ2) is 8.60. The fourth-order valence-corrected chi connectivity index (χ4v) is 3.79. The molecule has 10 heteroatoms. The van der Waals surface area contributed by atoms with Gasteiger partial charge in [-0.1, -0.05) is 17.8 Å². The third kappa shape index (κ3) is 4.75. The van der Waals surface area contributed by atoms with Gasteiger partial charge in [-0.25, -0.2) is 9.07 Å². The largest absolute Gasteiger partial charge is 0.335 e. The van der Waals surface area contributed by atoms with Crippen molar-refractivity contribution in [3.63, 3.8) is 0 Å². The predicted octanol–water partition coefficient (Wildman–Crippen LogP) is 3.54. The molecule has 0 saturated heterocycles. The molecule has 4 N–H and O–H groups in total. The minimum absolute atomic E-state index is 0.131. The summed E-state index contributed by atoms with van der Waals surface area (Å²) in [5.74, 6) is 6.15. The summed E-state index contributed by atoms with van der Waals surface area (Å²) in [4.78, 5) is 12.3. The predicted molar refractivity (Wildman–Crippen MR) is 118 cm³/mol. The van der Waals surface area contributed by atoms with E-state index < -0.39 is 0 Å². The van der Waals surface area contributed by atoms with E-state index in [9.17, 15) is 9.18 Å². The Morgan fingerprint density at radius 3 is 2.55 bits per heavy atom. The molecule has 0 bridgehead atoms. The van der Waals surface area contributed by atoms with E-state index in [4.69, 9.17) is 5.84 Å². The summed E-state index contributed by atoms with van der Waals surface area (Å²) in [5.41, 5.74) is 4.84. The number of carbonyl (C=O) groups is 1. The van der Waals surface area contributed by atoms with Crippen molar-refractivity contribution in [2.24, 2.45) is 0 Å². The van der Waals surface area contributed by atoms with Gasteiger partial charge in [-0.2, -0.15) is 5.10 Å². The molecule has 0 atom stereocenters. The van der Waals surface area contributed by atoms with Gasteiger partial charge in [-0.15, -0.1) is 10.2 Å². The molecule has 158 valence electrons. The highest BCUT2D eigenvalue weighted by atomic mass is 32.2. The van der Waals surface area contributed by atoms with Crippen molar-refractivity contribution in [3.8, 4) is 22.8 Å². The van der Waals surface area contributed by atoms with Crippen LogP contribution >= 0.6 is 11.8 Å². The molecular formula is C21H20FN7OS. The molecule has 1 amide bonds. The van der Waals surface area contributed by atoms with Gasteiger partial charge in [-0.3, -0.25) is 9.89 Å². The van der Waals surface area contributed by atoms with Gasteiger partial charge in [0.15, 0.2) is 0 Å². The molecule has 0 aliphatic rings. The minimum atomic E-state index is -0.315. The van der Waals surface area contributed by atoms with Crippen LogP contribution in [0.3, 0.4) is 0 Å². The normalized spacial score (nSPS) is 10.9. The lowest BCUT2D eigenvalue weighted by Gasteiger charge is -2.07. The van der Waals surface area contributed by atoms with Crippen LogP contribution in [0.4, 0.5) is 10.1 Å². The van der Waals surface area contributed by atoms with Crippen molar-refractivity contribution in [1.29, 1.82) is 0 Å². The van der Waals surface area contributed by atoms with Crippen LogP contribution in [0.5, 0.6) is 0 Å². The van der Waals surface area contributed by atoms with Crippen LogP contribution in [0, 0.1) is 19.7 Å². The third-order valence-electron chi connectivity index (χ3n) is 4.46. The number of rotatable bonds is 6. The Kier molecular flexibility index (Phi) is 5.72. The quantitative estimate of drug-likeness (QED) is 0.314. The number of hydrogen-bond donors (Lipinski definition) is 3. The summed E-state index contributed by atoms with van der Waals surface area (Å²) < 4.78 is 14.4. The number of thioether (sulfide) groups is 1. The van der Waals surface area contributed by atoms with Crippen LogP contribution in [0.15, 0.2) is 53.7 Å². The van der Waals surface area contributed by atoms with Gasteiger partial charge in [0.1, 0.15) is 11.5 Å². The summed E-state index contributed by atoms with van der Waals surface area (Å²) >= 11 is 1.18. The monoisotopic (exact) mass is 437 g/mol. The number of nitrogens with two attached hydrogens (primary N) is 1. The molecular weight excluding hydrogens is 417 g/mol. The number of benzene rings is 2. The van der Waals surface area contributed by atoms with Gasteiger partial charge in [0.25, 0.3) is 0 Å². The Balaban J connectivity index is 1.42. The number of aromatic nitrogens is 5. The molecule has 2 heterocycles. The number of nitrogens with zero attached hydrogens (tertiary/aromatic N) is 4. The minimum Gasteiger partial charge on any atom is -0.335 e. The maximum atomic E-state index is 13.1. The summed E-state index contributed by atoms with van der Waals surface area (Å²) in [6, 6.07) is 13.6. The molecule has 0 radical (unpaired) electrons. The molecule has 2 aromatic heterocycles. The molecule has 0 saturated carbocycles. The number of aromatic amines is 1. The fourth-order valence-electron chi connectivity index (χ4n) is 3.14. The van der Waals surface area contributed by atoms with E-state index in [2.05, 4.69) is 25.7 Å². The van der Waals surface area contributed by atoms with Gasteiger partial charge in [0.2, 0.25) is 16.9 Å². The molecule has 0 aliphatic carbocycles. The second-order valence-corrected chi connectivity index (χ2v) is 8.01. The Hall–Kier alpha value is -3.66. The van der Waals surface area contributed by atoms with Crippen LogP contribution in [-0.4, -0.2) is 36.7 Å². The van der Waals surface area contributed by atoms with Gasteiger partial charge in [0.05, 0.1) is 11.4 Å². The lowest BCUT2D eigenvalue weighted by Crippen LogP contribution is -2.16. The number of carbonyl (C=O) groups excluding carboxylic acids is 1. The smallest absolute Gasteiger partial charge is 0.234 e. The second-order valence-electron chi connectivity index (χ2n) is 7.06. The average molecular weight is 438 g/mol. The maximum Gasteiger partial charge on any atom is 0.234 e. The van der Waals surface area contributed by atoms with Crippen LogP contribution in [0.1, 0.15) is 11.1 Å². The maximum absolute atomic E-state index is 13.1. The van der Waals surface area contributed by atoms with Gasteiger partial charge in [0, 0.05) is 11.3 Å². The van der Waals surface area contributed by atoms with Crippen molar-refractivity contribution < 1.29 is 9.18 Å². The van der Waals surface area contributed by atoms with Crippen molar-refractivity contribution in [2.75, 3.05) is 16.9 Å². The van der Waals surface area contributed by atoms with Crippen molar-refractivity contribution >= 4 is 23.4 Å². The highest BCUT2D eigenvalue weighted by Crippen LogP contribution is 2.25. The average Bonchev–Trinajstić information content (AvgIpc) is 3.33. The summed E-state index contributed by atoms with van der Waals surface area (Å²) in [7, 11) is 0. The lowest BCUT2D eigenvalue weighted by atomic mass is 10.1. The molecule has 2 aromatic carbocycles. The van der Waals surface area contributed by atoms with Gasteiger partial charge < -0.3 is 11.2 Å². The van der Waals surface area contributed by atoms with E-state index in [-0.39, 0.29) is 17.5 Å². The molecule has 0 aliphatic heterocycles. The molecule has 4 rings (SSSR count). The Bertz CT molecular complexity index is 1210. The first-order valence-corrected chi connectivity index (χ1v) is 10.4. The van der Waals surface area contributed by atoms with Gasteiger partial charge >= 0.3 is 0 Å². The molecule has 8 nitrogen and oxygen atoms in total. The van der Waals surface area contributed by atoms with E-state index in [1.165, 1.54) is 28.6 Å². The number of H-pyrrole nitrogens is 1. The van der Waals surface area contributed by atoms with E-state index in [0.717, 1.165) is 22.4 Å². The highest BCUT2D eigenvalue weighted by Gasteiger charge is 2.16.